The highest BCUT2D eigenvalue weighted by atomic mass is 16.4. The minimum atomic E-state index is -0.747. The van der Waals surface area contributed by atoms with Gasteiger partial charge >= 0.3 is 5.97 Å². The van der Waals surface area contributed by atoms with Crippen LogP contribution in [0.15, 0.2) is 24.3 Å². The fourth-order valence-electron chi connectivity index (χ4n) is 4.10. The normalized spacial score (nSPS) is 19.1. The van der Waals surface area contributed by atoms with Crippen LogP contribution in [0, 0.1) is 17.2 Å². The molecule has 2 saturated heterocycles. The Hall–Kier alpha value is -2.57. The van der Waals surface area contributed by atoms with Crippen molar-refractivity contribution >= 4 is 23.4 Å². The summed E-state index contributed by atoms with van der Waals surface area (Å²) in [7, 11) is 0. The number of amidine groups is 1. The molecule has 7 nitrogen and oxygen atoms in total. The van der Waals surface area contributed by atoms with Gasteiger partial charge in [-0.2, -0.15) is 0 Å². The van der Waals surface area contributed by atoms with Gasteiger partial charge in [0.05, 0.1) is 0 Å². The Bertz CT molecular complexity index is 688. The third-order valence-electron chi connectivity index (χ3n) is 5.78. The van der Waals surface area contributed by atoms with Crippen molar-refractivity contribution < 1.29 is 14.7 Å². The molecule has 27 heavy (non-hydrogen) atoms. The molecule has 2 aliphatic heterocycles. The van der Waals surface area contributed by atoms with E-state index in [1.165, 1.54) is 0 Å². The van der Waals surface area contributed by atoms with E-state index in [1.807, 2.05) is 29.2 Å². The van der Waals surface area contributed by atoms with E-state index in [-0.39, 0.29) is 30.0 Å². The summed E-state index contributed by atoms with van der Waals surface area (Å²) < 4.78 is 0. The van der Waals surface area contributed by atoms with Gasteiger partial charge in [-0.25, -0.2) is 0 Å². The highest BCUT2D eigenvalue weighted by molar-refractivity contribution is 5.95. The molecule has 7 heteroatoms. The molecule has 0 bridgehead atoms. The molecule has 0 atom stereocenters. The molecule has 3 rings (SSSR count). The van der Waals surface area contributed by atoms with Crippen LogP contribution < -0.4 is 10.6 Å². The zero-order chi connectivity index (χ0) is 19.4. The first-order valence-electron chi connectivity index (χ1n) is 9.64. The molecule has 2 fully saturated rings. The predicted octanol–water partition coefficient (Wildman–Crippen LogP) is 1.90. The molecule has 0 unspecified atom stereocenters. The Labute approximate surface area is 159 Å². The Morgan fingerprint density at radius 1 is 1.04 bits per heavy atom. The number of carbonyl (C=O) groups excluding carboxylic acids is 1. The number of hydrogen-bond donors (Lipinski definition) is 3. The molecule has 0 saturated carbocycles. The van der Waals surface area contributed by atoms with Crippen LogP contribution in [-0.4, -0.2) is 53.9 Å². The van der Waals surface area contributed by atoms with Gasteiger partial charge in [-0.1, -0.05) is 0 Å². The molecule has 1 aromatic carbocycles. The van der Waals surface area contributed by atoms with E-state index < -0.39 is 5.97 Å². The number of amides is 1. The fraction of sp³-hybridized carbons (Fsp3) is 0.550. The number of nitrogens with two attached hydrogens (primary N) is 1. The first kappa shape index (κ1) is 19.2. The molecule has 146 valence electrons. The predicted molar refractivity (Wildman–Crippen MR) is 104 cm³/mol. The van der Waals surface area contributed by atoms with E-state index in [2.05, 4.69) is 4.90 Å². The number of carbonyl (C=O) groups is 2. The molecule has 0 radical (unpaired) electrons. The minimum absolute atomic E-state index is 0.0637. The van der Waals surface area contributed by atoms with Crippen LogP contribution in [0.25, 0.3) is 0 Å². The van der Waals surface area contributed by atoms with Crippen molar-refractivity contribution in [1.29, 1.82) is 5.41 Å². The number of nitrogen functional groups attached to an aromatic ring is 1. The Kier molecular flexibility index (Phi) is 5.98. The number of nitrogens with zero attached hydrogens (tertiary/aromatic N) is 2. The van der Waals surface area contributed by atoms with Gasteiger partial charge in [-0.3, -0.25) is 15.0 Å². The lowest BCUT2D eigenvalue weighted by atomic mass is 9.90. The van der Waals surface area contributed by atoms with Gasteiger partial charge in [0.2, 0.25) is 5.91 Å². The number of nitrogens with one attached hydrogen (secondary N) is 1. The molecule has 1 amide bonds. The Morgan fingerprint density at radius 3 is 2.15 bits per heavy atom. The number of carboxylic acid groups (broad SMARTS) is 1. The van der Waals surface area contributed by atoms with Crippen molar-refractivity contribution in [3.05, 3.63) is 29.8 Å². The van der Waals surface area contributed by atoms with Crippen molar-refractivity contribution in [3.63, 3.8) is 0 Å². The average molecular weight is 372 g/mol. The van der Waals surface area contributed by atoms with Crippen LogP contribution in [0.3, 0.4) is 0 Å². The average Bonchev–Trinajstić information content (AvgIpc) is 2.68. The lowest BCUT2D eigenvalue weighted by Gasteiger charge is -2.37. The van der Waals surface area contributed by atoms with E-state index in [1.54, 1.807) is 0 Å². The largest absolute Gasteiger partial charge is 0.481 e. The second-order valence-electron chi connectivity index (χ2n) is 7.59. The number of aliphatic carboxylic acids is 1. The summed E-state index contributed by atoms with van der Waals surface area (Å²) in [6, 6.07) is 7.67. The van der Waals surface area contributed by atoms with Gasteiger partial charge in [-0.15, -0.1) is 0 Å². The number of carboxylic acids is 1. The van der Waals surface area contributed by atoms with Gasteiger partial charge in [0, 0.05) is 49.8 Å². The van der Waals surface area contributed by atoms with Gasteiger partial charge in [0.25, 0.3) is 0 Å². The standard InChI is InChI=1S/C20H28N4O3/c21-19(22)15-1-3-17(4-2-15)23-11-7-16(8-12-23)20(27)24-9-5-14(6-10-24)13-18(25)26/h1-4,14,16H,5-13H2,(H3,21,22)(H,25,26). The maximum Gasteiger partial charge on any atom is 0.303 e. The topological polar surface area (TPSA) is 111 Å². The summed E-state index contributed by atoms with van der Waals surface area (Å²) in [6.07, 6.45) is 3.46. The maximum absolute atomic E-state index is 12.8. The zero-order valence-corrected chi connectivity index (χ0v) is 15.6. The van der Waals surface area contributed by atoms with Crippen LogP contribution in [-0.2, 0) is 9.59 Å². The van der Waals surface area contributed by atoms with Crippen molar-refractivity contribution in [3.8, 4) is 0 Å². The third kappa shape index (κ3) is 4.78. The molecular weight excluding hydrogens is 344 g/mol. The van der Waals surface area contributed by atoms with Crippen molar-refractivity contribution in [1.82, 2.24) is 4.90 Å². The molecule has 2 heterocycles. The second-order valence-corrected chi connectivity index (χ2v) is 7.59. The van der Waals surface area contributed by atoms with E-state index in [0.717, 1.165) is 50.0 Å². The number of likely N-dealkylation sites (tertiary alicyclic amines) is 1. The quantitative estimate of drug-likeness (QED) is 0.540. The van der Waals surface area contributed by atoms with Gasteiger partial charge in [0.15, 0.2) is 0 Å². The molecular formula is C20H28N4O3. The highest BCUT2D eigenvalue weighted by Gasteiger charge is 2.31. The summed E-state index contributed by atoms with van der Waals surface area (Å²) in [4.78, 5) is 27.8. The third-order valence-corrected chi connectivity index (χ3v) is 5.78. The zero-order valence-electron chi connectivity index (χ0n) is 15.6. The molecule has 0 aliphatic carbocycles. The van der Waals surface area contributed by atoms with E-state index in [0.29, 0.717) is 13.1 Å². The Morgan fingerprint density at radius 2 is 1.63 bits per heavy atom. The summed E-state index contributed by atoms with van der Waals surface area (Å²) in [5.74, 6) is -0.183. The molecule has 0 spiro atoms. The van der Waals surface area contributed by atoms with E-state index in [9.17, 15) is 9.59 Å². The highest BCUT2D eigenvalue weighted by Crippen LogP contribution is 2.27. The van der Waals surface area contributed by atoms with Gasteiger partial charge in [-0.05, 0) is 55.9 Å². The van der Waals surface area contributed by atoms with Crippen molar-refractivity contribution in [2.24, 2.45) is 17.6 Å². The van der Waals surface area contributed by atoms with Crippen molar-refractivity contribution in [2.45, 2.75) is 32.1 Å². The summed E-state index contributed by atoms with van der Waals surface area (Å²) >= 11 is 0. The van der Waals surface area contributed by atoms with Crippen LogP contribution in [0.4, 0.5) is 5.69 Å². The summed E-state index contributed by atoms with van der Waals surface area (Å²) in [5.41, 5.74) is 7.31. The van der Waals surface area contributed by atoms with E-state index in [4.69, 9.17) is 16.2 Å². The van der Waals surface area contributed by atoms with Crippen LogP contribution in [0.5, 0.6) is 0 Å². The first-order chi connectivity index (χ1) is 12.9. The SMILES string of the molecule is N=C(N)c1ccc(N2CCC(C(=O)N3CCC(CC(=O)O)CC3)CC2)cc1. The number of piperidine rings is 2. The first-order valence-corrected chi connectivity index (χ1v) is 9.64. The van der Waals surface area contributed by atoms with Gasteiger partial charge in [0.1, 0.15) is 5.84 Å². The number of benzene rings is 1. The lowest BCUT2D eigenvalue weighted by Crippen LogP contribution is -2.45. The van der Waals surface area contributed by atoms with E-state index >= 15 is 0 Å². The number of hydrogen-bond acceptors (Lipinski definition) is 4. The second kappa shape index (κ2) is 8.41. The smallest absolute Gasteiger partial charge is 0.303 e. The van der Waals surface area contributed by atoms with Crippen LogP contribution in [0.1, 0.15) is 37.7 Å². The summed E-state index contributed by atoms with van der Waals surface area (Å²) in [5, 5.41) is 16.4. The monoisotopic (exact) mass is 372 g/mol. The van der Waals surface area contributed by atoms with Crippen LogP contribution >= 0.6 is 0 Å². The fourth-order valence-corrected chi connectivity index (χ4v) is 4.10. The molecule has 0 aromatic heterocycles. The number of anilines is 1. The molecule has 4 N–H and O–H groups in total. The number of rotatable bonds is 5. The summed E-state index contributed by atoms with van der Waals surface area (Å²) in [6.45, 7) is 3.05. The molecule has 2 aliphatic rings. The molecule has 1 aromatic rings. The minimum Gasteiger partial charge on any atom is -0.481 e. The van der Waals surface area contributed by atoms with Crippen molar-refractivity contribution in [2.75, 3.05) is 31.1 Å². The van der Waals surface area contributed by atoms with Crippen LogP contribution in [0.2, 0.25) is 0 Å². The van der Waals surface area contributed by atoms with Gasteiger partial charge < -0.3 is 20.6 Å². The lowest BCUT2D eigenvalue weighted by molar-refractivity contribution is -0.139. The maximum atomic E-state index is 12.8. The Balaban J connectivity index is 1.48.